The maximum absolute atomic E-state index is 11.1. The van der Waals surface area contributed by atoms with E-state index < -0.39 is 5.97 Å². The normalized spacial score (nSPS) is 13.8. The molecule has 2 rings (SSSR count). The lowest BCUT2D eigenvalue weighted by Crippen LogP contribution is -2.27. The molecule has 4 heteroatoms. The Balaban J connectivity index is 2.16. The number of carbonyl (C=O) groups is 1. The second kappa shape index (κ2) is 7.38. The van der Waals surface area contributed by atoms with Crippen LogP contribution in [0.2, 0.25) is 0 Å². The topological polar surface area (TPSA) is 49.3 Å². The molecular formula is C17H21NO2S. The van der Waals surface area contributed by atoms with Crippen LogP contribution in [0.3, 0.4) is 0 Å². The summed E-state index contributed by atoms with van der Waals surface area (Å²) in [4.78, 5) is 12.2. The van der Waals surface area contributed by atoms with E-state index in [2.05, 4.69) is 43.4 Å². The number of nitrogens with one attached hydrogen (secondary N) is 1. The van der Waals surface area contributed by atoms with E-state index in [1.54, 1.807) is 11.3 Å². The van der Waals surface area contributed by atoms with Crippen LogP contribution in [0.4, 0.5) is 0 Å². The number of carboxylic acid groups (broad SMARTS) is 1. The molecule has 0 bridgehead atoms. The van der Waals surface area contributed by atoms with Crippen molar-refractivity contribution in [1.82, 2.24) is 5.32 Å². The number of rotatable bonds is 7. The molecule has 2 aromatic rings. The molecule has 0 saturated carbocycles. The summed E-state index contributed by atoms with van der Waals surface area (Å²) < 4.78 is 0. The van der Waals surface area contributed by atoms with Gasteiger partial charge in [-0.05, 0) is 30.4 Å². The molecule has 0 aliphatic heterocycles. The average Bonchev–Trinajstić information content (AvgIpc) is 2.98. The summed E-state index contributed by atoms with van der Waals surface area (Å²) in [5, 5.41) is 14.6. The Kier molecular flexibility index (Phi) is 5.53. The molecule has 2 N–H and O–H groups in total. The predicted octanol–water partition coefficient (Wildman–Crippen LogP) is 4.31. The largest absolute Gasteiger partial charge is 0.481 e. The van der Waals surface area contributed by atoms with E-state index >= 15 is 0 Å². The van der Waals surface area contributed by atoms with E-state index in [4.69, 9.17) is 5.11 Å². The van der Waals surface area contributed by atoms with Crippen molar-refractivity contribution in [2.45, 2.75) is 38.8 Å². The fourth-order valence-electron chi connectivity index (χ4n) is 2.40. The first-order chi connectivity index (χ1) is 10.1. The van der Waals surface area contributed by atoms with Crippen molar-refractivity contribution >= 4 is 17.3 Å². The summed E-state index contributed by atoms with van der Waals surface area (Å²) >= 11 is 1.60. The van der Waals surface area contributed by atoms with Gasteiger partial charge in [0.1, 0.15) is 0 Å². The number of thiophene rings is 1. The fourth-order valence-corrected chi connectivity index (χ4v) is 3.18. The SMILES string of the molecule is CCC(NC(CC(=O)O)c1cccs1)c1ccc(C)cc1. The Hall–Kier alpha value is -1.65. The molecule has 0 spiro atoms. The van der Waals surface area contributed by atoms with E-state index in [1.807, 2.05) is 17.5 Å². The number of aryl methyl sites for hydroxylation is 1. The van der Waals surface area contributed by atoms with Gasteiger partial charge >= 0.3 is 5.97 Å². The molecule has 2 atom stereocenters. The molecule has 0 saturated heterocycles. The van der Waals surface area contributed by atoms with Gasteiger partial charge in [0.05, 0.1) is 12.5 Å². The first-order valence-electron chi connectivity index (χ1n) is 7.18. The van der Waals surface area contributed by atoms with E-state index in [0.717, 1.165) is 11.3 Å². The molecule has 2 unspecified atom stereocenters. The Morgan fingerprint density at radius 2 is 1.95 bits per heavy atom. The van der Waals surface area contributed by atoms with Crippen molar-refractivity contribution in [2.75, 3.05) is 0 Å². The van der Waals surface area contributed by atoms with Gasteiger partial charge in [0, 0.05) is 10.9 Å². The zero-order chi connectivity index (χ0) is 15.2. The summed E-state index contributed by atoms with van der Waals surface area (Å²) in [6.07, 6.45) is 1.02. The second-order valence-corrected chi connectivity index (χ2v) is 6.18. The highest BCUT2D eigenvalue weighted by Gasteiger charge is 2.20. The van der Waals surface area contributed by atoms with Crippen molar-refractivity contribution in [3.63, 3.8) is 0 Å². The lowest BCUT2D eigenvalue weighted by Gasteiger charge is -2.24. The summed E-state index contributed by atoms with van der Waals surface area (Å²) in [7, 11) is 0. The lowest BCUT2D eigenvalue weighted by molar-refractivity contribution is -0.137. The second-order valence-electron chi connectivity index (χ2n) is 5.20. The highest BCUT2D eigenvalue weighted by molar-refractivity contribution is 7.10. The van der Waals surface area contributed by atoms with Crippen LogP contribution >= 0.6 is 11.3 Å². The van der Waals surface area contributed by atoms with Crippen LogP contribution in [0.1, 0.15) is 47.9 Å². The molecule has 0 amide bonds. The van der Waals surface area contributed by atoms with Crippen LogP contribution in [-0.2, 0) is 4.79 Å². The van der Waals surface area contributed by atoms with E-state index in [9.17, 15) is 4.79 Å². The summed E-state index contributed by atoms with van der Waals surface area (Å²) in [5.74, 6) is -0.778. The van der Waals surface area contributed by atoms with Gasteiger partial charge in [-0.25, -0.2) is 0 Å². The van der Waals surface area contributed by atoms with Crippen molar-refractivity contribution < 1.29 is 9.90 Å². The molecule has 1 heterocycles. The van der Waals surface area contributed by atoms with Gasteiger partial charge in [0.2, 0.25) is 0 Å². The highest BCUT2D eigenvalue weighted by Crippen LogP contribution is 2.27. The van der Waals surface area contributed by atoms with E-state index in [1.165, 1.54) is 11.1 Å². The van der Waals surface area contributed by atoms with Gasteiger partial charge < -0.3 is 10.4 Å². The minimum Gasteiger partial charge on any atom is -0.481 e. The van der Waals surface area contributed by atoms with Gasteiger partial charge in [-0.3, -0.25) is 4.79 Å². The Labute approximate surface area is 129 Å². The van der Waals surface area contributed by atoms with Gasteiger partial charge in [-0.15, -0.1) is 11.3 Å². The molecule has 0 aliphatic rings. The third-order valence-corrected chi connectivity index (χ3v) is 4.54. The number of carboxylic acids is 1. The summed E-state index contributed by atoms with van der Waals surface area (Å²) in [6, 6.07) is 12.4. The van der Waals surface area contributed by atoms with Crippen LogP contribution in [0.15, 0.2) is 41.8 Å². The maximum Gasteiger partial charge on any atom is 0.305 e. The standard InChI is InChI=1S/C17H21NO2S/c1-3-14(13-8-6-12(2)7-9-13)18-15(11-17(19)20)16-5-4-10-21-16/h4-10,14-15,18H,3,11H2,1-2H3,(H,19,20). The Morgan fingerprint density at radius 1 is 1.24 bits per heavy atom. The third kappa shape index (κ3) is 4.41. The van der Waals surface area contributed by atoms with Crippen molar-refractivity contribution in [1.29, 1.82) is 0 Å². The maximum atomic E-state index is 11.1. The summed E-state index contributed by atoms with van der Waals surface area (Å²) in [6.45, 7) is 4.18. The quantitative estimate of drug-likeness (QED) is 0.801. The van der Waals surface area contributed by atoms with Crippen molar-refractivity contribution in [3.05, 3.63) is 57.8 Å². The van der Waals surface area contributed by atoms with Crippen molar-refractivity contribution in [2.24, 2.45) is 0 Å². The molecule has 112 valence electrons. The Morgan fingerprint density at radius 3 is 2.48 bits per heavy atom. The molecule has 0 fully saturated rings. The molecule has 21 heavy (non-hydrogen) atoms. The molecular weight excluding hydrogens is 282 g/mol. The molecule has 1 aromatic heterocycles. The monoisotopic (exact) mass is 303 g/mol. The zero-order valence-corrected chi connectivity index (χ0v) is 13.2. The van der Waals surface area contributed by atoms with E-state index in [-0.39, 0.29) is 18.5 Å². The number of hydrogen-bond donors (Lipinski definition) is 2. The molecule has 3 nitrogen and oxygen atoms in total. The van der Waals surface area contributed by atoms with Crippen LogP contribution in [0.5, 0.6) is 0 Å². The van der Waals surface area contributed by atoms with Crippen LogP contribution in [0.25, 0.3) is 0 Å². The molecule has 0 radical (unpaired) electrons. The minimum atomic E-state index is -0.778. The average molecular weight is 303 g/mol. The highest BCUT2D eigenvalue weighted by atomic mass is 32.1. The predicted molar refractivity (Wildman–Crippen MR) is 86.7 cm³/mol. The van der Waals surface area contributed by atoms with Gasteiger partial charge in [0.25, 0.3) is 0 Å². The van der Waals surface area contributed by atoms with Gasteiger partial charge in [0.15, 0.2) is 0 Å². The fraction of sp³-hybridized carbons (Fsp3) is 0.353. The molecule has 0 aliphatic carbocycles. The van der Waals surface area contributed by atoms with Crippen molar-refractivity contribution in [3.8, 4) is 0 Å². The first-order valence-corrected chi connectivity index (χ1v) is 8.06. The van der Waals surface area contributed by atoms with Crippen LogP contribution in [0, 0.1) is 6.92 Å². The number of hydrogen-bond acceptors (Lipinski definition) is 3. The minimum absolute atomic E-state index is 0.100. The van der Waals surface area contributed by atoms with E-state index in [0.29, 0.717) is 0 Å². The first kappa shape index (κ1) is 15.7. The Bertz CT molecular complexity index is 563. The van der Waals surface area contributed by atoms with Crippen LogP contribution < -0.4 is 5.32 Å². The third-order valence-electron chi connectivity index (χ3n) is 3.56. The molecule has 1 aromatic carbocycles. The number of benzene rings is 1. The lowest BCUT2D eigenvalue weighted by atomic mass is 10.0. The number of aliphatic carboxylic acids is 1. The van der Waals surface area contributed by atoms with Crippen LogP contribution in [-0.4, -0.2) is 11.1 Å². The summed E-state index contributed by atoms with van der Waals surface area (Å²) in [5.41, 5.74) is 2.43. The smallest absolute Gasteiger partial charge is 0.305 e. The zero-order valence-electron chi connectivity index (χ0n) is 12.4. The van der Waals surface area contributed by atoms with Gasteiger partial charge in [-0.1, -0.05) is 42.8 Å². The van der Waals surface area contributed by atoms with Gasteiger partial charge in [-0.2, -0.15) is 0 Å².